The Morgan fingerprint density at radius 1 is 0.909 bits per heavy atom. The van der Waals surface area contributed by atoms with Gasteiger partial charge in [-0.1, -0.05) is 54.6 Å². The number of amides is 1. The van der Waals surface area contributed by atoms with Gasteiger partial charge in [-0.05, 0) is 111 Å². The van der Waals surface area contributed by atoms with Crippen LogP contribution in [-0.4, -0.2) is 50.2 Å². The average molecular weight is 638 g/mol. The lowest BCUT2D eigenvalue weighted by Crippen LogP contribution is -2.59. The molecular formula is C35H46Cl2N6O. The standard InChI is InChI=1S/C35H46Cl2N6O/c36-28-8-6-26(7-9-28)22-32(35(38)16-14-31(15-17-35)41-30-12-10-29(37)11-13-30)33(44)42-20-18-34(19-21-42,23-43-25-39-24-40-43)27-4-2-1-3-5-27/h6-13,24-25,27,31-32,41H,1-5,14-23,38H2/t31?,32-,35?/m0/s1. The first-order valence-electron chi connectivity index (χ1n) is 16.5. The molecule has 1 amide bonds. The van der Waals surface area contributed by atoms with E-state index in [1.807, 2.05) is 59.5 Å². The Kier molecular flexibility index (Phi) is 9.84. The maximum atomic E-state index is 14.5. The van der Waals surface area contributed by atoms with Gasteiger partial charge in [0.05, 0.1) is 5.92 Å². The summed E-state index contributed by atoms with van der Waals surface area (Å²) in [6.07, 6.45) is 16.1. The summed E-state index contributed by atoms with van der Waals surface area (Å²) in [6, 6.07) is 16.1. The number of rotatable bonds is 9. The van der Waals surface area contributed by atoms with E-state index in [0.717, 1.165) is 74.4 Å². The first kappa shape index (κ1) is 31.4. The molecule has 3 N–H and O–H groups in total. The molecular weight excluding hydrogens is 591 g/mol. The summed E-state index contributed by atoms with van der Waals surface area (Å²) in [5.74, 6) is 0.606. The highest BCUT2D eigenvalue weighted by Gasteiger charge is 2.47. The Morgan fingerprint density at radius 2 is 1.55 bits per heavy atom. The molecule has 2 heterocycles. The Balaban J connectivity index is 1.17. The van der Waals surface area contributed by atoms with Gasteiger partial charge in [0.25, 0.3) is 0 Å². The van der Waals surface area contributed by atoms with E-state index in [9.17, 15) is 4.79 Å². The number of piperidine rings is 1. The lowest BCUT2D eigenvalue weighted by atomic mass is 9.63. The fraction of sp³-hybridized carbons (Fsp3) is 0.571. The first-order valence-corrected chi connectivity index (χ1v) is 17.2. The number of aromatic nitrogens is 3. The van der Waals surface area contributed by atoms with E-state index < -0.39 is 5.54 Å². The number of anilines is 1. The number of nitrogens with one attached hydrogen (secondary N) is 1. The van der Waals surface area contributed by atoms with E-state index in [0.29, 0.717) is 23.4 Å². The van der Waals surface area contributed by atoms with E-state index >= 15 is 0 Å². The predicted molar refractivity (Wildman–Crippen MR) is 178 cm³/mol. The number of benzene rings is 2. The van der Waals surface area contributed by atoms with Gasteiger partial charge in [0.1, 0.15) is 12.7 Å². The fourth-order valence-corrected chi connectivity index (χ4v) is 8.51. The molecule has 0 radical (unpaired) electrons. The molecule has 1 aromatic heterocycles. The zero-order valence-electron chi connectivity index (χ0n) is 25.6. The van der Waals surface area contributed by atoms with Gasteiger partial charge in [0.2, 0.25) is 5.91 Å². The van der Waals surface area contributed by atoms with E-state index in [2.05, 4.69) is 20.3 Å². The van der Waals surface area contributed by atoms with Crippen LogP contribution in [0.15, 0.2) is 61.2 Å². The highest BCUT2D eigenvalue weighted by atomic mass is 35.5. The SMILES string of the molecule is NC1([C@@H](Cc2ccc(Cl)cc2)C(=O)N2CCC(Cn3cncn3)(C3CCCCC3)CC2)CCC(Nc2ccc(Cl)cc2)CC1. The number of likely N-dealkylation sites (tertiary alicyclic amines) is 1. The smallest absolute Gasteiger partial charge is 0.227 e. The first-order chi connectivity index (χ1) is 21.3. The summed E-state index contributed by atoms with van der Waals surface area (Å²) >= 11 is 12.3. The van der Waals surface area contributed by atoms with E-state index in [1.165, 1.54) is 32.1 Å². The summed E-state index contributed by atoms with van der Waals surface area (Å²) in [7, 11) is 0. The Morgan fingerprint density at radius 3 is 2.16 bits per heavy atom. The molecule has 3 aliphatic rings. The maximum absolute atomic E-state index is 14.5. The van der Waals surface area contributed by atoms with Crippen LogP contribution < -0.4 is 11.1 Å². The average Bonchev–Trinajstić information content (AvgIpc) is 3.56. The highest BCUT2D eigenvalue weighted by Crippen LogP contribution is 2.47. The minimum absolute atomic E-state index is 0.155. The van der Waals surface area contributed by atoms with E-state index in [1.54, 1.807) is 6.33 Å². The largest absolute Gasteiger partial charge is 0.382 e. The molecule has 9 heteroatoms. The lowest BCUT2D eigenvalue weighted by molar-refractivity contribution is -0.142. The quantitative estimate of drug-likeness (QED) is 0.256. The van der Waals surface area contributed by atoms with Crippen LogP contribution >= 0.6 is 23.2 Å². The van der Waals surface area contributed by atoms with Crippen molar-refractivity contribution in [3.05, 3.63) is 76.8 Å². The molecule has 1 aliphatic heterocycles. The molecule has 236 valence electrons. The number of halogens is 2. The fourth-order valence-electron chi connectivity index (χ4n) is 8.26. The number of carbonyl (C=O) groups excluding carboxylic acids is 1. The van der Waals surface area contributed by atoms with Gasteiger partial charge < -0.3 is 16.0 Å². The molecule has 7 nitrogen and oxygen atoms in total. The maximum Gasteiger partial charge on any atom is 0.227 e. The molecule has 1 atom stereocenters. The van der Waals surface area contributed by atoms with Crippen molar-refractivity contribution < 1.29 is 4.79 Å². The Hall–Kier alpha value is -2.61. The normalized spacial score (nSPS) is 25.0. The molecule has 3 aromatic rings. The van der Waals surface area contributed by atoms with Crippen molar-refractivity contribution in [1.82, 2.24) is 19.7 Å². The molecule has 0 bridgehead atoms. The highest BCUT2D eigenvalue weighted by molar-refractivity contribution is 6.30. The van der Waals surface area contributed by atoms with Crippen LogP contribution in [0.4, 0.5) is 5.69 Å². The second-order valence-electron chi connectivity index (χ2n) is 13.7. The van der Waals surface area contributed by atoms with Crippen molar-refractivity contribution >= 4 is 34.8 Å². The second-order valence-corrected chi connectivity index (χ2v) is 14.5. The third-order valence-electron chi connectivity index (χ3n) is 11.0. The summed E-state index contributed by atoms with van der Waals surface area (Å²) in [5.41, 5.74) is 9.06. The minimum Gasteiger partial charge on any atom is -0.382 e. The molecule has 2 aliphatic carbocycles. The summed E-state index contributed by atoms with van der Waals surface area (Å²) in [6.45, 7) is 2.44. The van der Waals surface area contributed by atoms with E-state index in [4.69, 9.17) is 28.9 Å². The molecule has 2 aromatic carbocycles. The van der Waals surface area contributed by atoms with Gasteiger partial charge >= 0.3 is 0 Å². The van der Waals surface area contributed by atoms with Crippen LogP contribution in [0, 0.1) is 17.3 Å². The molecule has 6 rings (SSSR count). The number of hydrogen-bond donors (Lipinski definition) is 2. The predicted octanol–water partition coefficient (Wildman–Crippen LogP) is 7.39. The lowest BCUT2D eigenvalue weighted by Gasteiger charge is -2.50. The number of nitrogens with two attached hydrogens (primary N) is 1. The van der Waals surface area contributed by atoms with Gasteiger partial charge in [-0.2, -0.15) is 5.10 Å². The van der Waals surface area contributed by atoms with Crippen LogP contribution in [-0.2, 0) is 17.8 Å². The molecule has 0 unspecified atom stereocenters. The third-order valence-corrected chi connectivity index (χ3v) is 11.5. The molecule has 2 saturated carbocycles. The topological polar surface area (TPSA) is 89.1 Å². The van der Waals surface area contributed by atoms with E-state index in [-0.39, 0.29) is 17.2 Å². The number of hydrogen-bond acceptors (Lipinski definition) is 5. The second kappa shape index (κ2) is 13.8. The summed E-state index contributed by atoms with van der Waals surface area (Å²) in [5, 5.41) is 9.57. The summed E-state index contributed by atoms with van der Waals surface area (Å²) in [4.78, 5) is 20.9. The Bertz CT molecular complexity index is 1340. The van der Waals surface area contributed by atoms with Gasteiger partial charge in [0, 0.05) is 46.9 Å². The van der Waals surface area contributed by atoms with Gasteiger partial charge in [0.15, 0.2) is 0 Å². The van der Waals surface area contributed by atoms with Gasteiger partial charge in [-0.25, -0.2) is 4.98 Å². The van der Waals surface area contributed by atoms with Crippen LogP contribution in [0.2, 0.25) is 10.0 Å². The van der Waals surface area contributed by atoms with Crippen LogP contribution in [0.25, 0.3) is 0 Å². The minimum atomic E-state index is -0.562. The van der Waals surface area contributed by atoms with Crippen molar-refractivity contribution in [2.45, 2.75) is 95.2 Å². The van der Waals surface area contributed by atoms with Crippen molar-refractivity contribution in [3.63, 3.8) is 0 Å². The van der Waals surface area contributed by atoms with Crippen molar-refractivity contribution in [3.8, 4) is 0 Å². The van der Waals surface area contributed by atoms with Gasteiger partial charge in [-0.3, -0.25) is 9.48 Å². The molecule has 1 saturated heterocycles. The number of carbonyl (C=O) groups is 1. The summed E-state index contributed by atoms with van der Waals surface area (Å²) < 4.78 is 2.01. The van der Waals surface area contributed by atoms with Crippen LogP contribution in [0.5, 0.6) is 0 Å². The third kappa shape index (κ3) is 7.27. The van der Waals surface area contributed by atoms with Gasteiger partial charge in [-0.15, -0.1) is 0 Å². The number of nitrogens with zero attached hydrogens (tertiary/aromatic N) is 4. The molecule has 0 spiro atoms. The molecule has 44 heavy (non-hydrogen) atoms. The zero-order valence-corrected chi connectivity index (χ0v) is 27.2. The van der Waals surface area contributed by atoms with Crippen molar-refractivity contribution in [2.24, 2.45) is 23.0 Å². The Labute approximate surface area is 271 Å². The van der Waals surface area contributed by atoms with Crippen LogP contribution in [0.1, 0.15) is 76.2 Å². The van der Waals surface area contributed by atoms with Crippen molar-refractivity contribution in [2.75, 3.05) is 18.4 Å². The molecule has 3 fully saturated rings. The monoisotopic (exact) mass is 636 g/mol. The zero-order chi connectivity index (χ0) is 30.6. The van der Waals surface area contributed by atoms with Crippen LogP contribution in [0.3, 0.4) is 0 Å². The van der Waals surface area contributed by atoms with Crippen molar-refractivity contribution in [1.29, 1.82) is 0 Å².